The van der Waals surface area contributed by atoms with E-state index in [1.165, 1.54) is 19.1 Å². The number of ether oxygens (including phenoxy) is 6. The van der Waals surface area contributed by atoms with Crippen LogP contribution in [0.25, 0.3) is 10.9 Å². The van der Waals surface area contributed by atoms with Gasteiger partial charge in [0.15, 0.2) is 0 Å². The van der Waals surface area contributed by atoms with Crippen LogP contribution in [0.4, 0.5) is 0 Å². The molecule has 1 aromatic heterocycles. The van der Waals surface area contributed by atoms with Gasteiger partial charge in [0.25, 0.3) is 11.7 Å². The molecule has 6 rings (SSSR count). The molecule has 2 aromatic rings. The molecular formula is C53H76N2O12. The van der Waals surface area contributed by atoms with Crippen LogP contribution in [-0.2, 0) is 49.9 Å². The quantitative estimate of drug-likeness (QED) is 0.147. The van der Waals surface area contributed by atoms with Gasteiger partial charge in [-0.15, -0.1) is 6.58 Å². The van der Waals surface area contributed by atoms with Crippen LogP contribution in [0.1, 0.15) is 105 Å². The molecule has 0 spiro atoms. The van der Waals surface area contributed by atoms with Crippen LogP contribution in [0.5, 0.6) is 5.75 Å². The molecule has 2 N–H and O–H groups in total. The Hall–Kier alpha value is -4.18. The number of hydrogen-bond donors (Lipinski definition) is 2. The van der Waals surface area contributed by atoms with E-state index in [9.17, 15) is 29.4 Å². The SMILES string of the molecule is C=CCC1/C=C(\C)CC(C)CC(OC)C2OC(O)(C(=O)C(=O)N3CCCCC3C(=O)OC(C(C)=CC3CCC(Oc4ccc5c(ccn5C)c4)C(OC)C3)C(C)C(O)CC1=O)C(C)CC2OC. The topological polar surface area (TPSA) is 172 Å². The Balaban J connectivity index is 1.31. The Morgan fingerprint density at radius 3 is 2.34 bits per heavy atom. The molecule has 1 amide bonds. The number of aliphatic hydroxyl groups is 2. The number of aromatic nitrogens is 1. The van der Waals surface area contributed by atoms with E-state index in [1.807, 2.05) is 58.3 Å². The summed E-state index contributed by atoms with van der Waals surface area (Å²) in [5.74, 6) is -6.97. The molecule has 1 aliphatic carbocycles. The van der Waals surface area contributed by atoms with Crippen molar-refractivity contribution in [2.75, 3.05) is 27.9 Å². The average molecular weight is 933 g/mol. The fourth-order valence-corrected chi connectivity index (χ4v) is 11.1. The Kier molecular flexibility index (Phi) is 17.9. The number of cyclic esters (lactones) is 1. The summed E-state index contributed by atoms with van der Waals surface area (Å²) in [6.07, 6.45) is 7.90. The zero-order valence-corrected chi connectivity index (χ0v) is 41.2. The summed E-state index contributed by atoms with van der Waals surface area (Å²) < 4.78 is 39.1. The highest BCUT2D eigenvalue weighted by Crippen LogP contribution is 2.40. The number of benzene rings is 1. The highest BCUT2D eigenvalue weighted by atomic mass is 16.7. The van der Waals surface area contributed by atoms with E-state index in [0.29, 0.717) is 50.5 Å². The molecule has 0 radical (unpaired) electrons. The third-order valence-electron chi connectivity index (χ3n) is 15.0. The zero-order valence-electron chi connectivity index (χ0n) is 41.2. The van der Waals surface area contributed by atoms with E-state index in [-0.39, 0.29) is 55.6 Å². The predicted octanol–water partition coefficient (Wildman–Crippen LogP) is 7.22. The third-order valence-corrected chi connectivity index (χ3v) is 15.0. The highest BCUT2D eigenvalue weighted by molar-refractivity contribution is 6.39. The summed E-state index contributed by atoms with van der Waals surface area (Å²) in [6.45, 7) is 13.3. The van der Waals surface area contributed by atoms with Gasteiger partial charge in [-0.2, -0.15) is 0 Å². The van der Waals surface area contributed by atoms with Crippen molar-refractivity contribution in [2.24, 2.45) is 36.6 Å². The van der Waals surface area contributed by atoms with Gasteiger partial charge in [0, 0.05) is 76.2 Å². The molecule has 67 heavy (non-hydrogen) atoms. The number of nitrogens with zero attached hydrogens (tertiary/aromatic N) is 2. The van der Waals surface area contributed by atoms with Gasteiger partial charge in [0.2, 0.25) is 5.79 Å². The van der Waals surface area contributed by atoms with Gasteiger partial charge in [-0.3, -0.25) is 14.4 Å². The number of carbonyl (C=O) groups excluding carboxylic acids is 4. The molecule has 4 aliphatic rings. The van der Waals surface area contributed by atoms with E-state index >= 15 is 0 Å². The summed E-state index contributed by atoms with van der Waals surface area (Å²) >= 11 is 0. The number of methoxy groups -OCH3 is 3. The van der Waals surface area contributed by atoms with Crippen molar-refractivity contribution in [2.45, 2.75) is 160 Å². The number of amides is 1. The van der Waals surface area contributed by atoms with Gasteiger partial charge in [0.1, 0.15) is 35.9 Å². The number of Topliss-reactive ketones (excluding diaryl/α,β-unsaturated/α-hetero) is 2. The third kappa shape index (κ3) is 12.0. The first kappa shape index (κ1) is 52.2. The summed E-state index contributed by atoms with van der Waals surface area (Å²) in [5.41, 5.74) is 2.76. The zero-order chi connectivity index (χ0) is 48.7. The van der Waals surface area contributed by atoms with Gasteiger partial charge in [-0.05, 0) is 120 Å². The first-order valence-electron chi connectivity index (χ1n) is 24.4. The number of ketones is 2. The normalized spacial score (nSPS) is 36.6. The number of allylic oxidation sites excluding steroid dienone is 4. The van der Waals surface area contributed by atoms with Crippen molar-refractivity contribution < 1.29 is 57.8 Å². The van der Waals surface area contributed by atoms with Gasteiger partial charge in [0.05, 0.1) is 24.4 Å². The summed E-state index contributed by atoms with van der Waals surface area (Å²) in [4.78, 5) is 58.7. The minimum absolute atomic E-state index is 0.00503. The number of rotatable bonds is 9. The Bertz CT molecular complexity index is 2130. The maximum atomic E-state index is 14.6. The molecule has 4 heterocycles. The number of carbonyl (C=O) groups is 4. The fourth-order valence-electron chi connectivity index (χ4n) is 11.1. The van der Waals surface area contributed by atoms with Crippen LogP contribution in [0.15, 0.2) is 66.4 Å². The average Bonchev–Trinajstić information content (AvgIpc) is 3.68. The van der Waals surface area contributed by atoms with Crippen LogP contribution in [-0.4, -0.2) is 126 Å². The lowest BCUT2D eigenvalue weighted by atomic mass is 9.81. The molecule has 2 saturated heterocycles. The minimum Gasteiger partial charge on any atom is -0.488 e. The van der Waals surface area contributed by atoms with Crippen molar-refractivity contribution >= 4 is 34.3 Å². The molecule has 1 saturated carbocycles. The monoisotopic (exact) mass is 933 g/mol. The van der Waals surface area contributed by atoms with Crippen molar-refractivity contribution in [3.8, 4) is 5.75 Å². The number of aliphatic hydroxyl groups excluding tert-OH is 1. The lowest BCUT2D eigenvalue weighted by molar-refractivity contribution is -0.302. The minimum atomic E-state index is -2.52. The second-order valence-corrected chi connectivity index (χ2v) is 20.0. The molecule has 14 unspecified atom stereocenters. The van der Waals surface area contributed by atoms with Crippen molar-refractivity contribution in [1.82, 2.24) is 9.47 Å². The van der Waals surface area contributed by atoms with Gasteiger partial charge in [-0.25, -0.2) is 4.79 Å². The summed E-state index contributed by atoms with van der Waals surface area (Å²) in [6, 6.07) is 6.97. The van der Waals surface area contributed by atoms with E-state index in [4.69, 9.17) is 28.4 Å². The summed E-state index contributed by atoms with van der Waals surface area (Å²) in [7, 11) is 6.75. The number of piperidine rings is 1. The molecule has 370 valence electrons. The molecule has 3 aliphatic heterocycles. The van der Waals surface area contributed by atoms with Crippen LogP contribution >= 0.6 is 0 Å². The maximum Gasteiger partial charge on any atom is 0.329 e. The summed E-state index contributed by atoms with van der Waals surface area (Å²) in [5, 5.41) is 25.2. The van der Waals surface area contributed by atoms with Gasteiger partial charge >= 0.3 is 5.97 Å². The number of hydrogen-bond acceptors (Lipinski definition) is 12. The smallest absolute Gasteiger partial charge is 0.329 e. The lowest BCUT2D eigenvalue weighted by Crippen LogP contribution is -2.64. The van der Waals surface area contributed by atoms with Crippen molar-refractivity contribution in [3.05, 3.63) is 66.4 Å². The van der Waals surface area contributed by atoms with E-state index < -0.39 is 77.8 Å². The van der Waals surface area contributed by atoms with Crippen LogP contribution in [0.3, 0.4) is 0 Å². The molecule has 2 bridgehead atoms. The second-order valence-electron chi connectivity index (χ2n) is 20.0. The molecule has 1 aromatic carbocycles. The largest absolute Gasteiger partial charge is 0.488 e. The lowest BCUT2D eigenvalue weighted by Gasteiger charge is -2.47. The molecule has 14 heteroatoms. The van der Waals surface area contributed by atoms with Gasteiger partial charge in [-0.1, -0.05) is 44.6 Å². The molecule has 14 nitrogen and oxygen atoms in total. The van der Waals surface area contributed by atoms with Crippen molar-refractivity contribution in [1.29, 1.82) is 0 Å². The van der Waals surface area contributed by atoms with Crippen LogP contribution < -0.4 is 4.74 Å². The van der Waals surface area contributed by atoms with Crippen LogP contribution in [0, 0.1) is 29.6 Å². The molecule has 14 atom stereocenters. The Morgan fingerprint density at radius 1 is 0.925 bits per heavy atom. The Morgan fingerprint density at radius 2 is 1.64 bits per heavy atom. The Labute approximate surface area is 397 Å². The van der Waals surface area contributed by atoms with Gasteiger partial charge < -0.3 is 48.1 Å². The van der Waals surface area contributed by atoms with Crippen LogP contribution in [0.2, 0.25) is 0 Å². The van der Waals surface area contributed by atoms with Crippen molar-refractivity contribution in [3.63, 3.8) is 0 Å². The number of aryl methyl sites for hydroxylation is 1. The maximum absolute atomic E-state index is 14.6. The number of fused-ring (bicyclic) bond motifs is 4. The second kappa shape index (κ2) is 23.0. The fraction of sp³-hybridized carbons (Fsp3) is 0.660. The molecular weight excluding hydrogens is 857 g/mol. The first-order valence-corrected chi connectivity index (χ1v) is 24.4. The molecule has 3 fully saturated rings. The predicted molar refractivity (Wildman–Crippen MR) is 254 cm³/mol. The van der Waals surface area contributed by atoms with E-state index in [1.54, 1.807) is 27.0 Å². The standard InChI is InChI=1S/C53H76N2O12/c1-11-14-38-24-31(2)23-32(3)25-46(63-9)49-47(64-10)27-34(5)53(61,67-49)50(58)51(59)55-21-13-12-15-41(55)52(60)66-48(35(6)42(56)30-43(38)57)33(4)26-36-16-19-44(45(28-36)62-8)65-39-17-18-40-37(29-39)20-22-54(40)7/h11,17-18,20,22,24,26,29,32,34-36,38,41-42,44-49,56,61H,1,12-16,19,21,23,25,27-28,30H2,2-10H3/b31-24+,33-26?. The number of esters is 1. The van der Waals surface area contributed by atoms with E-state index in [0.717, 1.165) is 28.6 Å². The van der Waals surface area contributed by atoms with E-state index in [2.05, 4.69) is 23.3 Å². The highest BCUT2D eigenvalue weighted by Gasteiger charge is 2.56. The first-order chi connectivity index (χ1) is 31.9.